The van der Waals surface area contributed by atoms with E-state index in [1.807, 2.05) is 6.92 Å². The highest BCUT2D eigenvalue weighted by atomic mass is 32.2. The average molecular weight is 385 g/mol. The minimum absolute atomic E-state index is 0.0890. The zero-order chi connectivity index (χ0) is 19.2. The summed E-state index contributed by atoms with van der Waals surface area (Å²) in [6.45, 7) is 3.64. The Kier molecular flexibility index (Phi) is 4.18. The van der Waals surface area contributed by atoms with Crippen LogP contribution in [0.25, 0.3) is 11.0 Å². The first-order valence-corrected chi connectivity index (χ1v) is 10.4. The van der Waals surface area contributed by atoms with E-state index in [4.69, 9.17) is 0 Å². The van der Waals surface area contributed by atoms with E-state index in [2.05, 4.69) is 20.4 Å². The van der Waals surface area contributed by atoms with Gasteiger partial charge in [-0.3, -0.25) is 19.4 Å². The van der Waals surface area contributed by atoms with Crippen molar-refractivity contribution in [3.63, 3.8) is 0 Å². The minimum Gasteiger partial charge on any atom is -0.319 e. The van der Waals surface area contributed by atoms with Crippen molar-refractivity contribution < 1.29 is 13.2 Å². The molecule has 0 aliphatic carbocycles. The molecule has 1 fully saturated rings. The van der Waals surface area contributed by atoms with Crippen molar-refractivity contribution in [3.05, 3.63) is 47.5 Å². The molecule has 3 aromatic rings. The normalized spacial score (nSPS) is 18.7. The minimum atomic E-state index is -3.01. The Morgan fingerprint density at radius 1 is 1.19 bits per heavy atom. The van der Waals surface area contributed by atoms with Crippen LogP contribution in [-0.4, -0.2) is 45.6 Å². The Balaban J connectivity index is 1.61. The van der Waals surface area contributed by atoms with Gasteiger partial charge in [-0.05, 0) is 38.5 Å². The van der Waals surface area contributed by atoms with Gasteiger partial charge >= 0.3 is 0 Å². The van der Waals surface area contributed by atoms with E-state index in [0.717, 1.165) is 11.2 Å². The molecule has 0 bridgehead atoms. The maximum atomic E-state index is 12.7. The van der Waals surface area contributed by atoms with Crippen LogP contribution in [-0.2, 0) is 9.84 Å². The van der Waals surface area contributed by atoms with Gasteiger partial charge in [0.25, 0.3) is 5.91 Å². The van der Waals surface area contributed by atoms with Gasteiger partial charge in [0.1, 0.15) is 0 Å². The van der Waals surface area contributed by atoms with E-state index >= 15 is 0 Å². The molecule has 27 heavy (non-hydrogen) atoms. The summed E-state index contributed by atoms with van der Waals surface area (Å²) in [6.07, 6.45) is 3.73. The Morgan fingerprint density at radius 3 is 2.63 bits per heavy atom. The first-order chi connectivity index (χ1) is 12.8. The molecule has 1 aliphatic heterocycles. The maximum Gasteiger partial charge on any atom is 0.255 e. The van der Waals surface area contributed by atoms with Crippen molar-refractivity contribution in [1.82, 2.24) is 19.7 Å². The van der Waals surface area contributed by atoms with Crippen LogP contribution >= 0.6 is 0 Å². The highest BCUT2D eigenvalue weighted by molar-refractivity contribution is 7.91. The number of aromatic nitrogens is 4. The molecule has 140 valence electrons. The molecule has 0 saturated carbocycles. The van der Waals surface area contributed by atoms with Gasteiger partial charge in [-0.1, -0.05) is 0 Å². The molecule has 1 aliphatic rings. The van der Waals surface area contributed by atoms with Crippen LogP contribution in [0, 0.1) is 13.8 Å². The number of fused-ring (bicyclic) bond motifs is 1. The summed E-state index contributed by atoms with van der Waals surface area (Å²) < 4.78 is 25.3. The molecule has 0 spiro atoms. The van der Waals surface area contributed by atoms with E-state index in [1.165, 1.54) is 0 Å². The van der Waals surface area contributed by atoms with Gasteiger partial charge in [0.15, 0.2) is 9.84 Å². The summed E-state index contributed by atoms with van der Waals surface area (Å²) in [5, 5.41) is 7.37. The van der Waals surface area contributed by atoms with E-state index in [9.17, 15) is 13.2 Å². The lowest BCUT2D eigenvalue weighted by molar-refractivity contribution is 0.102. The summed E-state index contributed by atoms with van der Waals surface area (Å²) in [6, 6.07) is 4.96. The fourth-order valence-corrected chi connectivity index (χ4v) is 5.15. The van der Waals surface area contributed by atoms with Crippen molar-refractivity contribution in [2.45, 2.75) is 26.3 Å². The van der Waals surface area contributed by atoms with Crippen LogP contribution in [0.15, 0.2) is 30.6 Å². The third-order valence-electron chi connectivity index (χ3n) is 4.85. The van der Waals surface area contributed by atoms with Crippen LogP contribution in [0.1, 0.15) is 34.2 Å². The summed E-state index contributed by atoms with van der Waals surface area (Å²) >= 11 is 0. The lowest BCUT2D eigenvalue weighted by atomic mass is 10.1. The van der Waals surface area contributed by atoms with E-state index in [1.54, 1.807) is 42.2 Å². The Labute approximate surface area is 156 Å². The van der Waals surface area contributed by atoms with Gasteiger partial charge in [0, 0.05) is 18.0 Å². The molecule has 8 nitrogen and oxygen atoms in total. The number of benzene rings is 1. The molecule has 1 unspecified atom stereocenters. The standard InChI is InChI=1S/C18H19N5O3S/c1-11-17(12(2)23(22-11)14-5-8-27(25,26)10-14)21-18(24)13-3-4-15-16(9-13)20-7-6-19-15/h3-4,6-7,9,14H,5,8,10H2,1-2H3,(H,21,24). The molecule has 2 aromatic heterocycles. The molecule has 1 aromatic carbocycles. The predicted molar refractivity (Wildman–Crippen MR) is 102 cm³/mol. The number of hydrogen-bond donors (Lipinski definition) is 1. The van der Waals surface area contributed by atoms with Crippen LogP contribution in [0.2, 0.25) is 0 Å². The van der Waals surface area contributed by atoms with Crippen molar-refractivity contribution in [1.29, 1.82) is 0 Å². The average Bonchev–Trinajstić information content (AvgIpc) is 3.14. The molecule has 1 amide bonds. The number of aryl methyl sites for hydroxylation is 1. The molecule has 4 rings (SSSR count). The molecule has 1 atom stereocenters. The van der Waals surface area contributed by atoms with Gasteiger partial charge in [0.2, 0.25) is 0 Å². The predicted octanol–water partition coefficient (Wildman–Crippen LogP) is 2.06. The number of amides is 1. The quantitative estimate of drug-likeness (QED) is 0.739. The topological polar surface area (TPSA) is 107 Å². The SMILES string of the molecule is Cc1nn(C2CCS(=O)(=O)C2)c(C)c1NC(=O)c1ccc2nccnc2c1. The summed E-state index contributed by atoms with van der Waals surface area (Å²) in [5.41, 5.74) is 3.86. The van der Waals surface area contributed by atoms with Crippen LogP contribution in [0.3, 0.4) is 0 Å². The van der Waals surface area contributed by atoms with Gasteiger partial charge in [-0.15, -0.1) is 0 Å². The van der Waals surface area contributed by atoms with Gasteiger partial charge in [-0.25, -0.2) is 8.42 Å². The number of anilines is 1. The smallest absolute Gasteiger partial charge is 0.255 e. The number of carbonyl (C=O) groups excluding carboxylic acids is 1. The van der Waals surface area contributed by atoms with E-state index in [0.29, 0.717) is 28.9 Å². The Hall–Kier alpha value is -2.81. The molecule has 9 heteroatoms. The van der Waals surface area contributed by atoms with Crippen molar-refractivity contribution in [2.75, 3.05) is 16.8 Å². The third kappa shape index (κ3) is 3.30. The molecule has 1 saturated heterocycles. The van der Waals surface area contributed by atoms with Crippen LogP contribution in [0.5, 0.6) is 0 Å². The fraction of sp³-hybridized carbons (Fsp3) is 0.333. The molecular weight excluding hydrogens is 366 g/mol. The highest BCUT2D eigenvalue weighted by Gasteiger charge is 2.31. The Bertz CT molecular complexity index is 1150. The highest BCUT2D eigenvalue weighted by Crippen LogP contribution is 2.29. The zero-order valence-corrected chi connectivity index (χ0v) is 15.8. The third-order valence-corrected chi connectivity index (χ3v) is 6.60. The van der Waals surface area contributed by atoms with Crippen LogP contribution < -0.4 is 5.32 Å². The first kappa shape index (κ1) is 17.6. The number of hydrogen-bond acceptors (Lipinski definition) is 6. The van der Waals surface area contributed by atoms with E-state index in [-0.39, 0.29) is 23.5 Å². The first-order valence-electron chi connectivity index (χ1n) is 8.62. The van der Waals surface area contributed by atoms with E-state index < -0.39 is 9.84 Å². The maximum absolute atomic E-state index is 12.7. The molecule has 0 radical (unpaired) electrons. The largest absolute Gasteiger partial charge is 0.319 e. The second-order valence-electron chi connectivity index (χ2n) is 6.76. The van der Waals surface area contributed by atoms with Crippen molar-refractivity contribution in [2.24, 2.45) is 0 Å². The van der Waals surface area contributed by atoms with Crippen molar-refractivity contribution in [3.8, 4) is 0 Å². The van der Waals surface area contributed by atoms with Gasteiger partial charge in [0.05, 0.1) is 45.7 Å². The molecular formula is C18H19N5O3S. The number of carbonyl (C=O) groups is 1. The zero-order valence-electron chi connectivity index (χ0n) is 15.0. The summed E-state index contributed by atoms with van der Waals surface area (Å²) in [5.74, 6) is -0.00558. The van der Waals surface area contributed by atoms with Crippen molar-refractivity contribution >= 4 is 32.5 Å². The summed E-state index contributed by atoms with van der Waals surface area (Å²) in [7, 11) is -3.01. The van der Waals surface area contributed by atoms with Gasteiger partial charge in [-0.2, -0.15) is 5.10 Å². The lowest BCUT2D eigenvalue weighted by Gasteiger charge is -2.12. The number of rotatable bonds is 3. The Morgan fingerprint density at radius 2 is 1.93 bits per heavy atom. The van der Waals surface area contributed by atoms with Gasteiger partial charge < -0.3 is 5.32 Å². The second-order valence-corrected chi connectivity index (χ2v) is 8.99. The number of sulfone groups is 1. The molecule has 3 heterocycles. The van der Waals surface area contributed by atoms with Crippen LogP contribution in [0.4, 0.5) is 5.69 Å². The number of nitrogens with one attached hydrogen (secondary N) is 1. The monoisotopic (exact) mass is 385 g/mol. The lowest BCUT2D eigenvalue weighted by Crippen LogP contribution is -2.15. The second kappa shape index (κ2) is 6.41. The summed E-state index contributed by atoms with van der Waals surface area (Å²) in [4.78, 5) is 21.1. The molecule has 1 N–H and O–H groups in total. The number of nitrogens with zero attached hydrogens (tertiary/aromatic N) is 4. The fourth-order valence-electron chi connectivity index (χ4n) is 3.46.